The second-order valence-corrected chi connectivity index (χ2v) is 9.18. The first-order valence-electron chi connectivity index (χ1n) is 9.88. The second-order valence-electron chi connectivity index (χ2n) is 7.24. The number of carbonyl (C=O) groups is 1. The summed E-state index contributed by atoms with van der Waals surface area (Å²) in [7, 11) is -0.854. The number of sulfonamides is 1. The van der Waals surface area contributed by atoms with Gasteiger partial charge in [-0.2, -0.15) is 9.57 Å². The summed E-state index contributed by atoms with van der Waals surface area (Å²) in [4.78, 5) is 12.8. The topological polar surface area (TPSA) is 109 Å². The number of anilines is 1. The van der Waals surface area contributed by atoms with Gasteiger partial charge in [0.05, 0.1) is 37.5 Å². The van der Waals surface area contributed by atoms with Crippen LogP contribution in [0.4, 0.5) is 5.69 Å². The molecule has 8 nitrogen and oxygen atoms in total. The number of hydrogen-bond acceptors (Lipinski definition) is 6. The van der Waals surface area contributed by atoms with Gasteiger partial charge in [0.1, 0.15) is 0 Å². The number of ether oxygens (including phenoxy) is 2. The first-order chi connectivity index (χ1) is 14.9. The zero-order valence-electron chi connectivity index (χ0n) is 17.5. The monoisotopic (exact) mass is 443 g/mol. The highest BCUT2D eigenvalue weighted by atomic mass is 32.2. The Hall–Kier alpha value is -3.09. The molecule has 1 N–H and O–H groups in total. The van der Waals surface area contributed by atoms with Gasteiger partial charge in [0.2, 0.25) is 15.9 Å². The molecule has 1 aliphatic heterocycles. The quantitative estimate of drug-likeness (QED) is 0.705. The molecule has 0 bridgehead atoms. The predicted octanol–water partition coefficient (Wildman–Crippen LogP) is 2.81. The van der Waals surface area contributed by atoms with Gasteiger partial charge in [0.15, 0.2) is 11.5 Å². The van der Waals surface area contributed by atoms with Crippen LogP contribution in [-0.2, 0) is 21.2 Å². The van der Waals surface area contributed by atoms with E-state index in [1.54, 1.807) is 30.3 Å². The van der Waals surface area contributed by atoms with E-state index in [1.165, 1.54) is 30.7 Å². The average Bonchev–Trinajstić information content (AvgIpc) is 2.80. The van der Waals surface area contributed by atoms with E-state index in [2.05, 4.69) is 11.4 Å². The summed E-state index contributed by atoms with van der Waals surface area (Å²) < 4.78 is 38.0. The lowest BCUT2D eigenvalue weighted by molar-refractivity contribution is -0.120. The normalized spacial score (nSPS) is 16.9. The third-order valence-electron chi connectivity index (χ3n) is 5.25. The molecule has 0 spiro atoms. The molecule has 1 aliphatic rings. The van der Waals surface area contributed by atoms with E-state index in [0.29, 0.717) is 43.0 Å². The van der Waals surface area contributed by atoms with Crippen molar-refractivity contribution in [2.24, 2.45) is 5.92 Å². The van der Waals surface area contributed by atoms with E-state index in [1.807, 2.05) is 0 Å². The fourth-order valence-electron chi connectivity index (χ4n) is 3.54. The van der Waals surface area contributed by atoms with Crippen molar-refractivity contribution >= 4 is 21.6 Å². The van der Waals surface area contributed by atoms with E-state index in [9.17, 15) is 13.2 Å². The Morgan fingerprint density at radius 2 is 1.87 bits per heavy atom. The van der Waals surface area contributed by atoms with Gasteiger partial charge in [0.25, 0.3) is 0 Å². The molecule has 1 fully saturated rings. The maximum Gasteiger partial charge on any atom is 0.243 e. The summed E-state index contributed by atoms with van der Waals surface area (Å²) in [6.45, 7) is 0.457. The Morgan fingerprint density at radius 1 is 1.16 bits per heavy atom. The molecule has 0 unspecified atom stereocenters. The molecule has 2 aromatic carbocycles. The molecule has 1 atom stereocenters. The number of nitrogens with one attached hydrogen (secondary N) is 1. The fourth-order valence-corrected chi connectivity index (χ4v) is 5.08. The van der Waals surface area contributed by atoms with Crippen LogP contribution in [0.5, 0.6) is 11.5 Å². The summed E-state index contributed by atoms with van der Waals surface area (Å²) >= 11 is 0. The second kappa shape index (κ2) is 9.81. The number of methoxy groups -OCH3 is 2. The van der Waals surface area contributed by atoms with Crippen LogP contribution in [-0.4, -0.2) is 45.9 Å². The van der Waals surface area contributed by atoms with Crippen LogP contribution in [0.2, 0.25) is 0 Å². The number of piperidine rings is 1. The van der Waals surface area contributed by atoms with Crippen molar-refractivity contribution in [1.29, 1.82) is 5.26 Å². The van der Waals surface area contributed by atoms with E-state index in [4.69, 9.17) is 14.7 Å². The molecule has 164 valence electrons. The van der Waals surface area contributed by atoms with Crippen LogP contribution in [0.3, 0.4) is 0 Å². The van der Waals surface area contributed by atoms with Crippen molar-refractivity contribution in [3.8, 4) is 17.6 Å². The van der Waals surface area contributed by atoms with Gasteiger partial charge in [-0.3, -0.25) is 4.79 Å². The van der Waals surface area contributed by atoms with Crippen molar-refractivity contribution in [1.82, 2.24) is 4.31 Å². The summed E-state index contributed by atoms with van der Waals surface area (Å²) in [6, 6.07) is 13.6. The lowest BCUT2D eigenvalue weighted by Crippen LogP contribution is -2.43. The Labute approximate surface area is 182 Å². The van der Waals surface area contributed by atoms with Crippen molar-refractivity contribution in [3.05, 3.63) is 48.0 Å². The number of hydrogen-bond donors (Lipinski definition) is 1. The molecule has 0 aromatic heterocycles. The molecular weight excluding hydrogens is 418 g/mol. The maximum absolute atomic E-state index is 13.2. The number of amides is 1. The van der Waals surface area contributed by atoms with Gasteiger partial charge in [-0.1, -0.05) is 12.1 Å². The van der Waals surface area contributed by atoms with E-state index < -0.39 is 15.9 Å². The highest BCUT2D eigenvalue weighted by Crippen LogP contribution is 2.32. The van der Waals surface area contributed by atoms with E-state index in [0.717, 1.165) is 5.56 Å². The number of nitrogens with zero attached hydrogens (tertiary/aromatic N) is 2. The van der Waals surface area contributed by atoms with Crippen molar-refractivity contribution in [2.45, 2.75) is 24.2 Å². The van der Waals surface area contributed by atoms with Gasteiger partial charge in [-0.25, -0.2) is 8.42 Å². The minimum absolute atomic E-state index is 0.0966. The van der Waals surface area contributed by atoms with Gasteiger partial charge in [-0.15, -0.1) is 0 Å². The smallest absolute Gasteiger partial charge is 0.243 e. The third-order valence-corrected chi connectivity index (χ3v) is 7.11. The van der Waals surface area contributed by atoms with E-state index in [-0.39, 0.29) is 17.3 Å². The SMILES string of the molecule is COc1ccc(S(=O)(=O)N2CCC[C@@H](C(=O)Nc3ccc(CC#N)cc3)C2)cc1OC. The number of rotatable bonds is 7. The first kappa shape index (κ1) is 22.6. The molecule has 2 aromatic rings. The number of benzene rings is 2. The summed E-state index contributed by atoms with van der Waals surface area (Å²) in [6.07, 6.45) is 1.50. The molecule has 1 heterocycles. The first-order valence-corrected chi connectivity index (χ1v) is 11.3. The predicted molar refractivity (Wildman–Crippen MR) is 115 cm³/mol. The van der Waals surface area contributed by atoms with Gasteiger partial charge in [-0.05, 0) is 42.7 Å². The Morgan fingerprint density at radius 3 is 2.52 bits per heavy atom. The molecule has 9 heteroatoms. The summed E-state index contributed by atoms with van der Waals surface area (Å²) in [5.74, 6) is 0.0931. The summed E-state index contributed by atoms with van der Waals surface area (Å²) in [5.41, 5.74) is 1.48. The molecule has 1 saturated heterocycles. The molecule has 3 rings (SSSR count). The minimum Gasteiger partial charge on any atom is -0.493 e. The highest BCUT2D eigenvalue weighted by molar-refractivity contribution is 7.89. The van der Waals surface area contributed by atoms with Crippen LogP contribution in [0, 0.1) is 17.2 Å². The van der Waals surface area contributed by atoms with Crippen LogP contribution < -0.4 is 14.8 Å². The Bertz CT molecular complexity index is 1080. The molecule has 1 amide bonds. The maximum atomic E-state index is 13.2. The standard InChI is InChI=1S/C22H25N3O5S/c1-29-20-10-9-19(14-21(20)30-2)31(27,28)25-13-3-4-17(15-25)22(26)24-18-7-5-16(6-8-18)11-12-23/h5-10,14,17H,3-4,11,13,15H2,1-2H3,(H,24,26)/t17-/m1/s1. The van der Waals surface area contributed by atoms with Crippen LogP contribution in [0.1, 0.15) is 18.4 Å². The van der Waals surface area contributed by atoms with Crippen molar-refractivity contribution < 1.29 is 22.7 Å². The van der Waals surface area contributed by atoms with Crippen LogP contribution >= 0.6 is 0 Å². The molecule has 0 radical (unpaired) electrons. The summed E-state index contributed by atoms with van der Waals surface area (Å²) in [5, 5.41) is 11.6. The largest absolute Gasteiger partial charge is 0.493 e. The minimum atomic E-state index is -3.78. The van der Waals surface area contributed by atoms with Gasteiger partial charge < -0.3 is 14.8 Å². The number of nitriles is 1. The lowest BCUT2D eigenvalue weighted by atomic mass is 9.98. The average molecular weight is 444 g/mol. The third kappa shape index (κ3) is 5.16. The molecule has 0 saturated carbocycles. The van der Waals surface area contributed by atoms with Crippen LogP contribution in [0.15, 0.2) is 47.4 Å². The van der Waals surface area contributed by atoms with Crippen molar-refractivity contribution in [3.63, 3.8) is 0 Å². The van der Waals surface area contributed by atoms with Crippen molar-refractivity contribution in [2.75, 3.05) is 32.6 Å². The Kier molecular flexibility index (Phi) is 7.15. The highest BCUT2D eigenvalue weighted by Gasteiger charge is 2.33. The number of carbonyl (C=O) groups excluding carboxylic acids is 1. The Balaban J connectivity index is 1.72. The van der Waals surface area contributed by atoms with Crippen LogP contribution in [0.25, 0.3) is 0 Å². The molecule has 0 aliphatic carbocycles. The van der Waals surface area contributed by atoms with Gasteiger partial charge >= 0.3 is 0 Å². The van der Waals surface area contributed by atoms with Gasteiger partial charge in [0, 0.05) is 24.8 Å². The van der Waals surface area contributed by atoms with E-state index >= 15 is 0 Å². The molecule has 31 heavy (non-hydrogen) atoms. The lowest BCUT2D eigenvalue weighted by Gasteiger charge is -2.31. The molecular formula is C22H25N3O5S. The zero-order valence-corrected chi connectivity index (χ0v) is 18.3. The fraction of sp³-hybridized carbons (Fsp3) is 0.364. The zero-order chi connectivity index (χ0) is 22.4.